The number of carbonyl (C=O) groups excluding carboxylic acids is 13. The maximum atomic E-state index is 14.1. The Labute approximate surface area is 615 Å². The largest absolute Gasteiger partial charge is 0.508 e. The summed E-state index contributed by atoms with van der Waals surface area (Å²) in [5.41, 5.74) is 11.3. The fourth-order valence-electron chi connectivity index (χ4n) is 10.5. The van der Waals surface area contributed by atoms with E-state index < -0.39 is 147 Å². The lowest BCUT2D eigenvalue weighted by atomic mass is 9.98. The van der Waals surface area contributed by atoms with Crippen LogP contribution in [0.5, 0.6) is 5.75 Å². The number of ether oxygens (including phenoxy) is 4. The number of nitrogens with one attached hydrogen (secondary N) is 9. The molecule has 0 aliphatic heterocycles. The van der Waals surface area contributed by atoms with E-state index in [-0.39, 0.29) is 121 Å². The van der Waals surface area contributed by atoms with Crippen molar-refractivity contribution in [3.8, 4) is 5.75 Å². The fourth-order valence-corrected chi connectivity index (χ4v) is 10.5. The minimum Gasteiger partial charge on any atom is -0.508 e. The van der Waals surface area contributed by atoms with Crippen molar-refractivity contribution in [3.63, 3.8) is 0 Å². The van der Waals surface area contributed by atoms with Crippen LogP contribution in [-0.4, -0.2) is 251 Å². The molecule has 0 aliphatic rings. The molecule has 0 saturated heterocycles. The Morgan fingerprint density at radius 2 is 0.829 bits per heavy atom. The van der Waals surface area contributed by atoms with Crippen LogP contribution in [0.15, 0.2) is 24.3 Å². The maximum absolute atomic E-state index is 14.1. The molecule has 0 spiro atoms. The number of unbranched alkanes of at least 4 members (excludes halogenated alkanes) is 15. The molecule has 0 aromatic heterocycles. The Bertz CT molecular complexity index is 2760. The number of amides is 11. The van der Waals surface area contributed by atoms with Gasteiger partial charge in [-0.1, -0.05) is 102 Å². The number of phenolic OH excluding ortho intramolecular Hbond substituents is 1. The molecule has 105 heavy (non-hydrogen) atoms. The van der Waals surface area contributed by atoms with Gasteiger partial charge >= 0.3 is 5.97 Å². The zero-order valence-electron chi connectivity index (χ0n) is 61.7. The third kappa shape index (κ3) is 50.7. The fraction of sp³-hybridized carbons (Fsp3) is 0.718. The lowest BCUT2D eigenvalue weighted by molar-refractivity contribution is -0.137. The number of ketones is 2. The van der Waals surface area contributed by atoms with Gasteiger partial charge in [0.25, 0.3) is 0 Å². The van der Waals surface area contributed by atoms with E-state index in [0.717, 1.165) is 38.5 Å². The molecule has 34 nitrogen and oxygen atoms in total. The van der Waals surface area contributed by atoms with E-state index in [0.29, 0.717) is 31.4 Å². The second-order valence-corrected chi connectivity index (χ2v) is 25.9. The highest BCUT2D eigenvalue weighted by Crippen LogP contribution is 2.17. The Balaban J connectivity index is 2.53. The number of nitrogens with zero attached hydrogens (tertiary/aromatic N) is 1. The molecule has 34 heteroatoms. The molecule has 0 heterocycles. The van der Waals surface area contributed by atoms with E-state index >= 15 is 0 Å². The first-order chi connectivity index (χ1) is 50.3. The minimum atomic E-state index is -1.85. The van der Waals surface area contributed by atoms with Crippen molar-refractivity contribution in [1.29, 1.82) is 0 Å². The van der Waals surface area contributed by atoms with E-state index in [1.807, 2.05) is 0 Å². The van der Waals surface area contributed by atoms with Gasteiger partial charge in [-0.2, -0.15) is 0 Å². The van der Waals surface area contributed by atoms with Crippen LogP contribution in [0, 0.1) is 0 Å². The van der Waals surface area contributed by atoms with Gasteiger partial charge in [-0.25, -0.2) is 0 Å². The number of carboxylic acids is 1. The van der Waals surface area contributed by atoms with Crippen molar-refractivity contribution < 1.29 is 106 Å². The number of benzene rings is 1. The van der Waals surface area contributed by atoms with Crippen molar-refractivity contribution in [2.24, 2.45) is 11.5 Å². The molecule has 1 aromatic rings. The number of aliphatic carboxylic acids is 1. The van der Waals surface area contributed by atoms with Gasteiger partial charge in [0.2, 0.25) is 65.0 Å². The maximum Gasteiger partial charge on any atom is 0.303 e. The molecule has 1 rings (SSSR count). The zero-order chi connectivity index (χ0) is 78.0. The quantitative estimate of drug-likeness (QED) is 0.0367. The summed E-state index contributed by atoms with van der Waals surface area (Å²) >= 11 is 0. The molecule has 0 aliphatic carbocycles. The van der Waals surface area contributed by atoms with Gasteiger partial charge in [0.05, 0.1) is 58.8 Å². The van der Waals surface area contributed by atoms with E-state index in [4.69, 9.17) is 35.5 Å². The molecule has 17 N–H and O–H groups in total. The second kappa shape index (κ2) is 59.9. The first-order valence-corrected chi connectivity index (χ1v) is 36.6. The lowest BCUT2D eigenvalue weighted by Gasteiger charge is -2.27. The number of rotatable bonds is 67. The van der Waals surface area contributed by atoms with Crippen LogP contribution >= 0.6 is 0 Å². The van der Waals surface area contributed by atoms with E-state index in [2.05, 4.69) is 47.9 Å². The molecular weight excluding hydrogens is 1370 g/mol. The van der Waals surface area contributed by atoms with Crippen molar-refractivity contribution in [2.75, 3.05) is 107 Å². The Kier molecular flexibility index (Phi) is 54.1. The molecule has 11 amide bonds. The van der Waals surface area contributed by atoms with Crippen molar-refractivity contribution in [2.45, 2.75) is 222 Å². The Morgan fingerprint density at radius 3 is 1.30 bits per heavy atom. The van der Waals surface area contributed by atoms with Crippen LogP contribution in [0.2, 0.25) is 0 Å². The molecular formula is C71H120N12O22. The summed E-state index contributed by atoms with van der Waals surface area (Å²) in [6, 6.07) is -3.76. The van der Waals surface area contributed by atoms with Gasteiger partial charge in [-0.05, 0) is 89.7 Å². The first kappa shape index (κ1) is 94.7. The standard InChI is InChI=1S/C71H120N12O22/c1-74-62(91)25-20-24-59(88)56(44-50-27-29-52(87)30-28-50)81-67(97)53(31-33-60(72)89)78-69(99)55(35-37-83(2)3)80-71(101)58(47-85)82-68(98)54(32-34-61(73)90)79-70(100)57(46-84)77-63(92)45-76-65(94)49-105-43-41-103-39-36-75-64(93)48-104-42-40-102-38-21-23-51(86)22-18-16-14-12-10-8-6-4-5-7-9-11-13-15-17-19-26-66(95)96/h27-30,53-58,84-85,87H,4-26,31-49H2,1-3H3,(H2,72,89)(H2,73,90)(H,74,91)(H,75,93)(H,76,94)(H,77,92)(H,78,99)(H,79,100)(H,80,101)(H,81,97)(H,82,98)(H,95,96)/t53-,54-,55-,56-,57+,58-/m0/s1. The summed E-state index contributed by atoms with van der Waals surface area (Å²) in [5.74, 6) is -10.6. The monoisotopic (exact) mass is 1490 g/mol. The predicted octanol–water partition coefficient (Wildman–Crippen LogP) is -0.449. The number of hydrogen-bond acceptors (Lipinski definition) is 22. The van der Waals surface area contributed by atoms with Crippen LogP contribution < -0.4 is 59.3 Å². The summed E-state index contributed by atoms with van der Waals surface area (Å²) in [6.45, 7) is -2.24. The number of aromatic hydroxyl groups is 1. The van der Waals surface area contributed by atoms with Crippen LogP contribution in [0.3, 0.4) is 0 Å². The number of Topliss-reactive ketones (excluding diaryl/α,β-unsaturated/α-hetero) is 2. The van der Waals surface area contributed by atoms with E-state index in [1.54, 1.807) is 19.0 Å². The summed E-state index contributed by atoms with van der Waals surface area (Å²) in [6.07, 6.45) is 18.5. The van der Waals surface area contributed by atoms with Crippen molar-refractivity contribution in [3.05, 3.63) is 29.8 Å². The predicted molar refractivity (Wildman–Crippen MR) is 385 cm³/mol. The summed E-state index contributed by atoms with van der Waals surface area (Å²) in [7, 11) is 4.74. The van der Waals surface area contributed by atoms with Crippen LogP contribution in [0.4, 0.5) is 0 Å². The SMILES string of the molecule is CNC(=O)CCCC(=O)[C@H](Cc1ccc(O)cc1)NC(=O)[C@H](CCC(N)=O)NC(=O)[C@H](CCN(C)C)NC(=O)[C@H](CO)NC(=O)[C@H](CCC(N)=O)NC(=O)[C@@H](CO)NC(=O)CNC(=O)COCCOCCNC(=O)COCCOCCCC(=O)CCCCCCCCCCCCCCCCCCC(=O)O. The number of phenols is 1. The third-order valence-electron chi connectivity index (χ3n) is 16.5. The number of hydrogen-bond donors (Lipinski definition) is 15. The average Bonchev–Trinajstić information content (AvgIpc) is 0.862. The smallest absolute Gasteiger partial charge is 0.303 e. The third-order valence-corrected chi connectivity index (χ3v) is 16.5. The molecule has 1 aromatic carbocycles. The average molecular weight is 1490 g/mol. The molecule has 0 saturated carbocycles. The highest BCUT2D eigenvalue weighted by atomic mass is 16.5. The molecule has 0 bridgehead atoms. The normalized spacial score (nSPS) is 12.8. The topological polar surface area (TPSA) is 520 Å². The Morgan fingerprint density at radius 1 is 0.419 bits per heavy atom. The molecule has 0 radical (unpaired) electrons. The highest BCUT2D eigenvalue weighted by molar-refractivity contribution is 5.98. The number of aliphatic hydroxyl groups is 2. The summed E-state index contributed by atoms with van der Waals surface area (Å²) < 4.78 is 21.5. The lowest BCUT2D eigenvalue weighted by Crippen LogP contribution is -2.61. The minimum absolute atomic E-state index is 0.0113. The number of primary amides is 2. The van der Waals surface area contributed by atoms with Crippen LogP contribution in [0.1, 0.15) is 185 Å². The number of nitrogens with two attached hydrogens (primary N) is 2. The van der Waals surface area contributed by atoms with Gasteiger partial charge in [0.1, 0.15) is 55.0 Å². The van der Waals surface area contributed by atoms with Crippen LogP contribution in [-0.2, 0) is 92.5 Å². The van der Waals surface area contributed by atoms with Crippen LogP contribution in [0.25, 0.3) is 0 Å². The van der Waals surface area contributed by atoms with Crippen molar-refractivity contribution in [1.82, 2.24) is 52.8 Å². The Hall–Kier alpha value is -8.28. The molecule has 0 fully saturated rings. The van der Waals surface area contributed by atoms with Gasteiger partial charge < -0.3 is 104 Å². The zero-order valence-corrected chi connectivity index (χ0v) is 61.7. The number of carboxylic acid groups (broad SMARTS) is 1. The number of aliphatic hydroxyl groups excluding tert-OH is 2. The van der Waals surface area contributed by atoms with E-state index in [9.17, 15) is 82.4 Å². The molecule has 596 valence electrons. The van der Waals surface area contributed by atoms with Gasteiger partial charge in [0, 0.05) is 65.1 Å². The number of carbonyl (C=O) groups is 14. The molecule has 0 unspecified atom stereocenters. The van der Waals surface area contributed by atoms with Gasteiger partial charge in [-0.3, -0.25) is 67.1 Å². The van der Waals surface area contributed by atoms with Crippen molar-refractivity contribution >= 4 is 82.5 Å². The van der Waals surface area contributed by atoms with E-state index in [1.165, 1.54) is 95.5 Å². The first-order valence-electron chi connectivity index (χ1n) is 36.6. The highest BCUT2D eigenvalue weighted by Gasteiger charge is 2.34. The molecule has 6 atom stereocenters. The van der Waals surface area contributed by atoms with Gasteiger partial charge in [-0.15, -0.1) is 0 Å². The van der Waals surface area contributed by atoms with Gasteiger partial charge in [0.15, 0.2) is 5.78 Å². The summed E-state index contributed by atoms with van der Waals surface area (Å²) in [5, 5.41) is 60.5. The summed E-state index contributed by atoms with van der Waals surface area (Å²) in [4.78, 5) is 180. The second-order valence-electron chi connectivity index (χ2n) is 25.9.